The fraction of sp³-hybridized carbons (Fsp3) is 0.300. The van der Waals surface area contributed by atoms with Crippen molar-refractivity contribution in [2.24, 2.45) is 0 Å². The number of halogens is 2. The van der Waals surface area contributed by atoms with Crippen molar-refractivity contribution < 1.29 is 18.3 Å². The van der Waals surface area contributed by atoms with Crippen LogP contribution in [0.15, 0.2) is 23.1 Å². The Bertz CT molecular complexity index is 559. The molecule has 0 unspecified atom stereocenters. The highest BCUT2D eigenvalue weighted by Gasteiger charge is 2.24. The zero-order valence-corrected chi connectivity index (χ0v) is 11.7. The molecule has 8 heteroatoms. The number of aliphatic carboxylic acids is 1. The van der Waals surface area contributed by atoms with E-state index in [1.807, 2.05) is 0 Å². The summed E-state index contributed by atoms with van der Waals surface area (Å²) in [6.45, 7) is 1.57. The zero-order valence-electron chi connectivity index (χ0n) is 9.35. The van der Waals surface area contributed by atoms with Crippen LogP contribution in [0.1, 0.15) is 13.3 Å². The first-order valence-corrected chi connectivity index (χ1v) is 7.22. The van der Waals surface area contributed by atoms with Crippen molar-refractivity contribution in [1.82, 2.24) is 4.72 Å². The quantitative estimate of drug-likeness (QED) is 0.872. The fourth-order valence-corrected chi connectivity index (χ4v) is 2.87. The smallest absolute Gasteiger partial charge is 0.321 e. The maximum atomic E-state index is 11.9. The Labute approximate surface area is 115 Å². The second kappa shape index (κ2) is 5.88. The lowest BCUT2D eigenvalue weighted by Crippen LogP contribution is -2.40. The summed E-state index contributed by atoms with van der Waals surface area (Å²) >= 11 is 11.4. The van der Waals surface area contributed by atoms with Crippen LogP contribution in [0.25, 0.3) is 0 Å². The van der Waals surface area contributed by atoms with Gasteiger partial charge in [0.2, 0.25) is 10.0 Å². The van der Waals surface area contributed by atoms with Crippen molar-refractivity contribution in [3.8, 4) is 0 Å². The van der Waals surface area contributed by atoms with E-state index in [4.69, 9.17) is 28.3 Å². The monoisotopic (exact) mass is 311 g/mol. The average Bonchev–Trinajstić information content (AvgIpc) is 2.29. The molecule has 0 saturated carbocycles. The van der Waals surface area contributed by atoms with Gasteiger partial charge in [0.25, 0.3) is 0 Å². The number of hydrogen-bond acceptors (Lipinski definition) is 3. The van der Waals surface area contributed by atoms with E-state index in [2.05, 4.69) is 4.72 Å². The topological polar surface area (TPSA) is 83.5 Å². The highest BCUT2D eigenvalue weighted by atomic mass is 35.5. The summed E-state index contributed by atoms with van der Waals surface area (Å²) in [4.78, 5) is 10.7. The van der Waals surface area contributed by atoms with Crippen LogP contribution in [0.5, 0.6) is 0 Å². The molecule has 0 aromatic heterocycles. The number of carboxylic acid groups (broad SMARTS) is 1. The molecule has 0 amide bonds. The van der Waals surface area contributed by atoms with Gasteiger partial charge in [-0.2, -0.15) is 4.72 Å². The second-order valence-corrected chi connectivity index (χ2v) is 6.02. The number of carbonyl (C=O) groups is 1. The molecule has 0 radical (unpaired) electrons. The summed E-state index contributed by atoms with van der Waals surface area (Å²) in [6, 6.07) is 2.58. The van der Waals surface area contributed by atoms with Crippen LogP contribution in [0.4, 0.5) is 0 Å². The largest absolute Gasteiger partial charge is 0.480 e. The van der Waals surface area contributed by atoms with Crippen LogP contribution in [0, 0.1) is 0 Å². The van der Waals surface area contributed by atoms with Crippen LogP contribution >= 0.6 is 23.2 Å². The molecule has 2 N–H and O–H groups in total. The Morgan fingerprint density at radius 2 is 2.00 bits per heavy atom. The first-order chi connectivity index (χ1) is 8.27. The summed E-state index contributed by atoms with van der Waals surface area (Å²) in [5.74, 6) is -1.24. The molecule has 1 aromatic rings. The van der Waals surface area contributed by atoms with Crippen LogP contribution in [-0.2, 0) is 14.8 Å². The van der Waals surface area contributed by atoms with E-state index < -0.39 is 22.0 Å². The molecule has 1 atom stereocenters. The fourth-order valence-electron chi connectivity index (χ4n) is 1.21. The van der Waals surface area contributed by atoms with Gasteiger partial charge in [0.15, 0.2) is 0 Å². The van der Waals surface area contributed by atoms with Gasteiger partial charge in [-0.15, -0.1) is 0 Å². The number of hydrogen-bond donors (Lipinski definition) is 2. The Morgan fingerprint density at radius 1 is 1.39 bits per heavy atom. The van der Waals surface area contributed by atoms with E-state index in [0.29, 0.717) is 0 Å². The molecular formula is C10H11Cl2NO4S. The maximum absolute atomic E-state index is 11.9. The summed E-state index contributed by atoms with van der Waals surface area (Å²) in [5, 5.41) is 9.12. The number of rotatable bonds is 5. The molecule has 1 aromatic carbocycles. The van der Waals surface area contributed by atoms with Gasteiger partial charge in [0.05, 0.1) is 14.9 Å². The highest BCUT2D eigenvalue weighted by molar-refractivity contribution is 7.89. The van der Waals surface area contributed by atoms with E-state index in [9.17, 15) is 13.2 Å². The molecule has 0 bridgehead atoms. The number of benzene rings is 1. The van der Waals surface area contributed by atoms with Crippen molar-refractivity contribution in [2.75, 3.05) is 0 Å². The van der Waals surface area contributed by atoms with E-state index in [1.165, 1.54) is 18.2 Å². The van der Waals surface area contributed by atoms with E-state index in [-0.39, 0.29) is 21.4 Å². The van der Waals surface area contributed by atoms with Gasteiger partial charge in [-0.05, 0) is 24.6 Å². The zero-order chi connectivity index (χ0) is 13.9. The van der Waals surface area contributed by atoms with Gasteiger partial charge < -0.3 is 5.11 Å². The molecule has 5 nitrogen and oxygen atoms in total. The predicted molar refractivity (Wildman–Crippen MR) is 68.5 cm³/mol. The third-order valence-corrected chi connectivity index (χ3v) is 4.41. The average molecular weight is 312 g/mol. The Hall–Kier alpha value is -0.820. The van der Waals surface area contributed by atoms with Crippen molar-refractivity contribution in [3.05, 3.63) is 28.2 Å². The molecular weight excluding hydrogens is 301 g/mol. The van der Waals surface area contributed by atoms with E-state index in [0.717, 1.165) is 0 Å². The number of nitrogens with one attached hydrogen (secondary N) is 1. The van der Waals surface area contributed by atoms with Gasteiger partial charge in [0.1, 0.15) is 6.04 Å². The first-order valence-electron chi connectivity index (χ1n) is 4.98. The Kier molecular flexibility index (Phi) is 4.98. The van der Waals surface area contributed by atoms with Gasteiger partial charge in [0, 0.05) is 0 Å². The minimum atomic E-state index is -3.93. The molecule has 0 aliphatic rings. The van der Waals surface area contributed by atoms with Crippen molar-refractivity contribution in [3.63, 3.8) is 0 Å². The lowest BCUT2D eigenvalue weighted by molar-refractivity contribution is -0.139. The number of sulfonamides is 1. The first kappa shape index (κ1) is 15.2. The lowest BCUT2D eigenvalue weighted by Gasteiger charge is -2.13. The summed E-state index contributed by atoms with van der Waals surface area (Å²) in [6.07, 6.45) is 0.135. The van der Waals surface area contributed by atoms with E-state index >= 15 is 0 Å². The van der Waals surface area contributed by atoms with Crippen molar-refractivity contribution >= 4 is 39.2 Å². The van der Waals surface area contributed by atoms with Crippen LogP contribution in [0.2, 0.25) is 10.0 Å². The maximum Gasteiger partial charge on any atom is 0.321 e. The predicted octanol–water partition coefficient (Wildman–Crippen LogP) is 2.13. The molecule has 100 valence electrons. The van der Waals surface area contributed by atoms with Crippen molar-refractivity contribution in [2.45, 2.75) is 24.3 Å². The molecule has 0 spiro atoms. The molecule has 0 heterocycles. The molecule has 0 saturated heterocycles. The summed E-state index contributed by atoms with van der Waals surface area (Å²) in [7, 11) is -3.93. The molecule has 18 heavy (non-hydrogen) atoms. The minimum absolute atomic E-state index is 0.0860. The third kappa shape index (κ3) is 3.58. The summed E-state index contributed by atoms with van der Waals surface area (Å²) in [5.41, 5.74) is 0. The second-order valence-electron chi connectivity index (χ2n) is 3.50. The standard InChI is InChI=1S/C10H11Cl2NO4S/c1-2-9(10(14)15)13-18(16,17)6-3-4-7(11)8(12)5-6/h3-5,9,13H,2H2,1H3,(H,14,15)/t9-/m0/s1. The number of carboxylic acids is 1. The van der Waals surface area contributed by atoms with Crippen LogP contribution < -0.4 is 4.72 Å². The highest BCUT2D eigenvalue weighted by Crippen LogP contribution is 2.24. The van der Waals surface area contributed by atoms with E-state index in [1.54, 1.807) is 6.92 Å². The Balaban J connectivity index is 3.06. The van der Waals surface area contributed by atoms with Crippen LogP contribution in [-0.4, -0.2) is 25.5 Å². The lowest BCUT2D eigenvalue weighted by atomic mass is 10.2. The summed E-state index contributed by atoms with van der Waals surface area (Å²) < 4.78 is 25.9. The van der Waals surface area contributed by atoms with Gasteiger partial charge in [-0.1, -0.05) is 30.1 Å². The molecule has 0 aliphatic carbocycles. The SMILES string of the molecule is CC[C@H](NS(=O)(=O)c1ccc(Cl)c(Cl)c1)C(=O)O. The Morgan fingerprint density at radius 3 is 2.44 bits per heavy atom. The van der Waals surface area contributed by atoms with Crippen molar-refractivity contribution in [1.29, 1.82) is 0 Å². The molecule has 0 aliphatic heterocycles. The molecule has 0 fully saturated rings. The van der Waals surface area contributed by atoms with Crippen LogP contribution in [0.3, 0.4) is 0 Å². The van der Waals surface area contributed by atoms with Gasteiger partial charge in [-0.25, -0.2) is 8.42 Å². The van der Waals surface area contributed by atoms with Gasteiger partial charge >= 0.3 is 5.97 Å². The normalized spacial score (nSPS) is 13.3. The molecule has 1 rings (SSSR count). The third-order valence-electron chi connectivity index (χ3n) is 2.21. The minimum Gasteiger partial charge on any atom is -0.480 e. The van der Waals surface area contributed by atoms with Gasteiger partial charge in [-0.3, -0.25) is 4.79 Å².